The number of carbonyl (C=O) groups excluding carboxylic acids is 1. The highest BCUT2D eigenvalue weighted by Gasteiger charge is 2.43. The lowest BCUT2D eigenvalue weighted by Gasteiger charge is -2.37. The smallest absolute Gasteiger partial charge is 0.186 e. The second-order valence-corrected chi connectivity index (χ2v) is 4.37. The van der Waals surface area contributed by atoms with E-state index in [-0.39, 0.29) is 5.78 Å². The standard InChI is InChI=1S/C13H18N2O2/c1-10(14)12(16)13(9-15-7-8-17-13)11-5-3-2-4-6-11/h2-6,10,15H,7-9,14H2,1H3. The molecule has 2 rings (SSSR count). The summed E-state index contributed by atoms with van der Waals surface area (Å²) in [6.07, 6.45) is 0. The van der Waals surface area contributed by atoms with E-state index in [0.717, 1.165) is 12.1 Å². The average molecular weight is 234 g/mol. The van der Waals surface area contributed by atoms with Crippen molar-refractivity contribution in [1.29, 1.82) is 0 Å². The van der Waals surface area contributed by atoms with E-state index in [1.807, 2.05) is 30.3 Å². The van der Waals surface area contributed by atoms with Crippen LogP contribution in [0.15, 0.2) is 30.3 Å². The number of ketones is 1. The van der Waals surface area contributed by atoms with Crippen LogP contribution in [0.1, 0.15) is 12.5 Å². The highest BCUT2D eigenvalue weighted by molar-refractivity contribution is 5.93. The highest BCUT2D eigenvalue weighted by Crippen LogP contribution is 2.29. The zero-order valence-electron chi connectivity index (χ0n) is 9.98. The Bertz CT molecular complexity index is 384. The van der Waals surface area contributed by atoms with Crippen molar-refractivity contribution < 1.29 is 9.53 Å². The molecule has 0 saturated carbocycles. The van der Waals surface area contributed by atoms with Crippen LogP contribution in [0.5, 0.6) is 0 Å². The summed E-state index contributed by atoms with van der Waals surface area (Å²) < 4.78 is 5.78. The van der Waals surface area contributed by atoms with E-state index < -0.39 is 11.6 Å². The van der Waals surface area contributed by atoms with Gasteiger partial charge in [0.05, 0.1) is 12.6 Å². The maximum atomic E-state index is 12.3. The number of morpholine rings is 1. The molecule has 0 aliphatic carbocycles. The monoisotopic (exact) mass is 234 g/mol. The molecule has 1 fully saturated rings. The molecule has 1 aliphatic heterocycles. The molecule has 1 heterocycles. The van der Waals surface area contributed by atoms with E-state index in [1.54, 1.807) is 6.92 Å². The molecular weight excluding hydrogens is 216 g/mol. The van der Waals surface area contributed by atoms with E-state index in [2.05, 4.69) is 5.32 Å². The summed E-state index contributed by atoms with van der Waals surface area (Å²) in [6, 6.07) is 9.02. The summed E-state index contributed by atoms with van der Waals surface area (Å²) in [5, 5.41) is 3.21. The average Bonchev–Trinajstić information content (AvgIpc) is 2.39. The minimum atomic E-state index is -0.923. The van der Waals surface area contributed by atoms with Crippen molar-refractivity contribution in [2.75, 3.05) is 19.7 Å². The Morgan fingerprint density at radius 1 is 1.47 bits per heavy atom. The molecule has 1 aliphatic rings. The summed E-state index contributed by atoms with van der Waals surface area (Å²) in [6.45, 7) is 3.47. The van der Waals surface area contributed by atoms with Gasteiger partial charge in [0.1, 0.15) is 0 Å². The van der Waals surface area contributed by atoms with Crippen LogP contribution in [-0.2, 0) is 15.1 Å². The first kappa shape index (κ1) is 12.2. The minimum absolute atomic E-state index is 0.0732. The number of hydrogen-bond acceptors (Lipinski definition) is 4. The Morgan fingerprint density at radius 3 is 2.71 bits per heavy atom. The summed E-state index contributed by atoms with van der Waals surface area (Å²) in [5.74, 6) is -0.0732. The highest BCUT2D eigenvalue weighted by atomic mass is 16.5. The SMILES string of the molecule is CC(N)C(=O)C1(c2ccccc2)CNCCO1. The molecule has 2 atom stereocenters. The number of Topliss-reactive ketones (excluding diaryl/α,β-unsaturated/α-hetero) is 1. The van der Waals surface area contributed by atoms with Crippen molar-refractivity contribution in [2.45, 2.75) is 18.6 Å². The number of ether oxygens (including phenoxy) is 1. The molecule has 0 amide bonds. The molecule has 92 valence electrons. The van der Waals surface area contributed by atoms with E-state index in [1.165, 1.54) is 0 Å². The van der Waals surface area contributed by atoms with Gasteiger partial charge in [-0.25, -0.2) is 0 Å². The number of nitrogens with two attached hydrogens (primary N) is 1. The van der Waals surface area contributed by atoms with Gasteiger partial charge >= 0.3 is 0 Å². The lowest BCUT2D eigenvalue weighted by Crippen LogP contribution is -2.56. The zero-order chi connectivity index (χ0) is 12.3. The fraction of sp³-hybridized carbons (Fsp3) is 0.462. The molecule has 1 aromatic rings. The van der Waals surface area contributed by atoms with Crippen molar-refractivity contribution in [1.82, 2.24) is 5.32 Å². The quantitative estimate of drug-likeness (QED) is 0.795. The van der Waals surface area contributed by atoms with Crippen molar-refractivity contribution in [3.63, 3.8) is 0 Å². The normalized spacial score (nSPS) is 26.5. The van der Waals surface area contributed by atoms with Gasteiger partial charge in [0.25, 0.3) is 0 Å². The van der Waals surface area contributed by atoms with Gasteiger partial charge in [-0.05, 0) is 12.5 Å². The second kappa shape index (κ2) is 4.96. The van der Waals surface area contributed by atoms with Crippen LogP contribution in [0.3, 0.4) is 0 Å². The van der Waals surface area contributed by atoms with Crippen LogP contribution in [0, 0.1) is 0 Å². The fourth-order valence-electron chi connectivity index (χ4n) is 2.17. The van der Waals surface area contributed by atoms with Crippen molar-refractivity contribution in [3.8, 4) is 0 Å². The van der Waals surface area contributed by atoms with Crippen LogP contribution in [0.4, 0.5) is 0 Å². The van der Waals surface area contributed by atoms with E-state index in [0.29, 0.717) is 13.2 Å². The lowest BCUT2D eigenvalue weighted by atomic mass is 9.85. The van der Waals surface area contributed by atoms with E-state index >= 15 is 0 Å². The van der Waals surface area contributed by atoms with Gasteiger partial charge in [0.2, 0.25) is 0 Å². The number of carbonyl (C=O) groups is 1. The largest absolute Gasteiger partial charge is 0.360 e. The Labute approximate surface area is 101 Å². The number of rotatable bonds is 3. The predicted molar refractivity (Wildman–Crippen MR) is 65.6 cm³/mol. The maximum Gasteiger partial charge on any atom is 0.186 e. The van der Waals surface area contributed by atoms with Crippen LogP contribution >= 0.6 is 0 Å². The van der Waals surface area contributed by atoms with Gasteiger partial charge in [-0.1, -0.05) is 30.3 Å². The molecular formula is C13H18N2O2. The first-order chi connectivity index (χ1) is 8.17. The zero-order valence-corrected chi connectivity index (χ0v) is 9.98. The first-order valence-corrected chi connectivity index (χ1v) is 5.87. The van der Waals surface area contributed by atoms with Gasteiger partial charge in [-0.15, -0.1) is 0 Å². The van der Waals surface area contributed by atoms with Gasteiger partial charge < -0.3 is 15.8 Å². The van der Waals surface area contributed by atoms with Crippen molar-refractivity contribution in [3.05, 3.63) is 35.9 Å². The summed E-state index contributed by atoms with van der Waals surface area (Å²) in [4.78, 5) is 12.3. The molecule has 0 radical (unpaired) electrons. The third-order valence-corrected chi connectivity index (χ3v) is 3.05. The Morgan fingerprint density at radius 2 is 2.18 bits per heavy atom. The predicted octanol–water partition coefficient (Wildman–Crippen LogP) is 0.418. The van der Waals surface area contributed by atoms with E-state index in [9.17, 15) is 4.79 Å². The van der Waals surface area contributed by atoms with Gasteiger partial charge in [-0.3, -0.25) is 4.79 Å². The van der Waals surface area contributed by atoms with Crippen molar-refractivity contribution in [2.24, 2.45) is 5.73 Å². The fourth-order valence-corrected chi connectivity index (χ4v) is 2.17. The Balaban J connectivity index is 2.40. The molecule has 4 nitrogen and oxygen atoms in total. The van der Waals surface area contributed by atoms with Gasteiger partial charge in [-0.2, -0.15) is 0 Å². The topological polar surface area (TPSA) is 64.4 Å². The van der Waals surface area contributed by atoms with E-state index in [4.69, 9.17) is 10.5 Å². The molecule has 17 heavy (non-hydrogen) atoms. The number of nitrogens with one attached hydrogen (secondary N) is 1. The Hall–Kier alpha value is -1.23. The number of hydrogen-bond donors (Lipinski definition) is 2. The van der Waals surface area contributed by atoms with Crippen LogP contribution in [0.2, 0.25) is 0 Å². The molecule has 4 heteroatoms. The molecule has 1 saturated heterocycles. The molecule has 0 aromatic heterocycles. The second-order valence-electron chi connectivity index (χ2n) is 4.37. The molecule has 0 spiro atoms. The third-order valence-electron chi connectivity index (χ3n) is 3.05. The maximum absolute atomic E-state index is 12.3. The van der Waals surface area contributed by atoms with Crippen LogP contribution in [-0.4, -0.2) is 31.5 Å². The van der Waals surface area contributed by atoms with Gasteiger partial charge in [0, 0.05) is 13.1 Å². The summed E-state index contributed by atoms with van der Waals surface area (Å²) >= 11 is 0. The van der Waals surface area contributed by atoms with Crippen molar-refractivity contribution >= 4 is 5.78 Å². The van der Waals surface area contributed by atoms with Crippen LogP contribution < -0.4 is 11.1 Å². The number of benzene rings is 1. The molecule has 1 aromatic carbocycles. The van der Waals surface area contributed by atoms with Gasteiger partial charge in [0.15, 0.2) is 11.4 Å². The minimum Gasteiger partial charge on any atom is -0.360 e. The van der Waals surface area contributed by atoms with Crippen LogP contribution in [0.25, 0.3) is 0 Å². The Kier molecular flexibility index (Phi) is 3.57. The molecule has 3 N–H and O–H groups in total. The third kappa shape index (κ3) is 2.24. The molecule has 0 bridgehead atoms. The lowest BCUT2D eigenvalue weighted by molar-refractivity contribution is -0.151. The first-order valence-electron chi connectivity index (χ1n) is 5.87. The summed E-state index contributed by atoms with van der Waals surface area (Å²) in [5.41, 5.74) is 5.68. The summed E-state index contributed by atoms with van der Waals surface area (Å²) in [7, 11) is 0. The molecule has 2 unspecified atom stereocenters.